The van der Waals surface area contributed by atoms with Crippen molar-refractivity contribution >= 4 is 28.5 Å². The highest BCUT2D eigenvalue weighted by atomic mass is 35.5. The van der Waals surface area contributed by atoms with Crippen molar-refractivity contribution in [2.24, 2.45) is 0 Å². The Morgan fingerprint density at radius 2 is 1.90 bits per heavy atom. The van der Waals surface area contributed by atoms with Gasteiger partial charge in [-0.05, 0) is 45.7 Å². The van der Waals surface area contributed by atoms with Crippen molar-refractivity contribution < 1.29 is 9.18 Å². The van der Waals surface area contributed by atoms with Crippen LogP contribution in [0.4, 0.5) is 4.39 Å². The maximum Gasteiger partial charge on any atom is 0.234 e. The molecule has 2 N–H and O–H groups in total. The van der Waals surface area contributed by atoms with Crippen molar-refractivity contribution in [3.63, 3.8) is 0 Å². The summed E-state index contributed by atoms with van der Waals surface area (Å²) in [6.07, 6.45) is 2.20. The van der Waals surface area contributed by atoms with Gasteiger partial charge in [-0.15, -0.1) is 0 Å². The van der Waals surface area contributed by atoms with E-state index in [0.29, 0.717) is 41.2 Å². The molecule has 2 aliphatic rings. The van der Waals surface area contributed by atoms with E-state index in [2.05, 4.69) is 25.1 Å². The molecule has 1 amide bonds. The van der Waals surface area contributed by atoms with Crippen molar-refractivity contribution in [2.75, 3.05) is 19.6 Å². The van der Waals surface area contributed by atoms with Gasteiger partial charge in [-0.2, -0.15) is 0 Å². The van der Waals surface area contributed by atoms with Gasteiger partial charge in [0, 0.05) is 30.7 Å². The molecule has 2 fully saturated rings. The molecule has 0 aliphatic carbocycles. The number of hydrogen-bond acceptors (Lipinski definition) is 4. The SMILES string of the molecule is CC.CC(C)(C)NC(=O)CN1C2CCC1CN(Cc1nc3c(F)ccc(Cl)c3[nH]1)C2. The molecule has 2 atom stereocenters. The first-order chi connectivity index (χ1) is 14.2. The minimum Gasteiger partial charge on any atom is -0.350 e. The third kappa shape index (κ3) is 5.13. The number of rotatable bonds is 4. The van der Waals surface area contributed by atoms with Gasteiger partial charge < -0.3 is 10.3 Å². The van der Waals surface area contributed by atoms with Crippen LogP contribution in [-0.2, 0) is 11.3 Å². The van der Waals surface area contributed by atoms with Gasteiger partial charge in [-0.25, -0.2) is 9.37 Å². The van der Waals surface area contributed by atoms with Crippen LogP contribution in [0, 0.1) is 5.82 Å². The van der Waals surface area contributed by atoms with Crippen LogP contribution in [0.25, 0.3) is 11.0 Å². The highest BCUT2D eigenvalue weighted by molar-refractivity contribution is 6.34. The number of imidazole rings is 1. The second-order valence-electron chi connectivity index (χ2n) is 8.99. The number of aromatic amines is 1. The molecule has 8 heteroatoms. The van der Waals surface area contributed by atoms with Crippen molar-refractivity contribution in [3.05, 3.63) is 28.8 Å². The van der Waals surface area contributed by atoms with Gasteiger partial charge in [0.25, 0.3) is 0 Å². The van der Waals surface area contributed by atoms with Crippen LogP contribution in [0.1, 0.15) is 53.3 Å². The number of hydrogen-bond donors (Lipinski definition) is 2. The number of benzene rings is 1. The zero-order valence-electron chi connectivity index (χ0n) is 18.6. The van der Waals surface area contributed by atoms with Crippen LogP contribution >= 0.6 is 11.6 Å². The van der Waals surface area contributed by atoms with Crippen molar-refractivity contribution in [3.8, 4) is 0 Å². The highest BCUT2D eigenvalue weighted by Gasteiger charge is 2.40. The maximum atomic E-state index is 14.0. The topological polar surface area (TPSA) is 64.3 Å². The number of nitrogens with zero attached hydrogens (tertiary/aromatic N) is 3. The maximum absolute atomic E-state index is 14.0. The molecular formula is C22H33ClFN5O. The molecule has 1 aromatic heterocycles. The van der Waals surface area contributed by atoms with Gasteiger partial charge in [-0.3, -0.25) is 14.6 Å². The zero-order valence-corrected chi connectivity index (χ0v) is 19.3. The second-order valence-corrected chi connectivity index (χ2v) is 9.39. The molecule has 0 spiro atoms. The van der Waals surface area contributed by atoms with E-state index in [0.717, 1.165) is 31.8 Å². The lowest BCUT2D eigenvalue weighted by Crippen LogP contribution is -2.56. The Morgan fingerprint density at radius 3 is 2.47 bits per heavy atom. The molecule has 2 saturated heterocycles. The smallest absolute Gasteiger partial charge is 0.234 e. The van der Waals surface area contributed by atoms with Crippen molar-refractivity contribution in [1.29, 1.82) is 0 Å². The Hall–Kier alpha value is -1.70. The van der Waals surface area contributed by atoms with Crippen LogP contribution in [0.3, 0.4) is 0 Å². The van der Waals surface area contributed by atoms with E-state index in [1.54, 1.807) is 6.07 Å². The first-order valence-corrected chi connectivity index (χ1v) is 11.2. The summed E-state index contributed by atoms with van der Waals surface area (Å²) in [5.74, 6) is 0.442. The number of H-pyrrole nitrogens is 1. The fourth-order valence-electron chi connectivity index (χ4n) is 4.45. The predicted molar refractivity (Wildman–Crippen MR) is 119 cm³/mol. The number of carbonyl (C=O) groups is 1. The van der Waals surface area contributed by atoms with Crippen LogP contribution in [-0.4, -0.2) is 62.9 Å². The van der Waals surface area contributed by atoms with Crippen LogP contribution in [0.2, 0.25) is 5.02 Å². The van der Waals surface area contributed by atoms with Crippen molar-refractivity contribution in [2.45, 2.75) is 71.6 Å². The Balaban J connectivity index is 0.00000124. The third-order valence-electron chi connectivity index (χ3n) is 5.52. The first kappa shape index (κ1) is 23.0. The molecule has 2 bridgehead atoms. The fraction of sp³-hybridized carbons (Fsp3) is 0.636. The summed E-state index contributed by atoms with van der Waals surface area (Å²) in [5.41, 5.74) is 0.635. The van der Waals surface area contributed by atoms with Gasteiger partial charge in [0.15, 0.2) is 5.82 Å². The summed E-state index contributed by atoms with van der Waals surface area (Å²) in [6.45, 7) is 12.8. The van der Waals surface area contributed by atoms with Crippen LogP contribution in [0.5, 0.6) is 0 Å². The van der Waals surface area contributed by atoms with E-state index < -0.39 is 0 Å². The van der Waals surface area contributed by atoms with Gasteiger partial charge in [0.1, 0.15) is 11.3 Å². The standard InChI is InChI=1S/C20H27ClFN5O.C2H6/c1-20(2,3)25-17(28)11-27-12-4-5-13(27)9-26(8-12)10-16-23-18-14(21)6-7-15(22)19(18)24-16;1-2/h6-7,12-13H,4-5,8-11H2,1-3H3,(H,23,24)(H,25,28);1-2H3. The van der Waals surface area contributed by atoms with Gasteiger partial charge >= 0.3 is 0 Å². The van der Waals surface area contributed by atoms with E-state index in [1.165, 1.54) is 6.07 Å². The molecule has 166 valence electrons. The summed E-state index contributed by atoms with van der Waals surface area (Å²) in [4.78, 5) is 24.6. The molecular weight excluding hydrogens is 405 g/mol. The lowest BCUT2D eigenvalue weighted by atomic mass is 10.1. The summed E-state index contributed by atoms with van der Waals surface area (Å²) in [6, 6.07) is 3.63. The largest absolute Gasteiger partial charge is 0.350 e. The minimum atomic E-state index is -0.364. The molecule has 2 aromatic rings. The zero-order chi connectivity index (χ0) is 22.1. The third-order valence-corrected chi connectivity index (χ3v) is 5.83. The lowest BCUT2D eigenvalue weighted by molar-refractivity contribution is -0.125. The average Bonchev–Trinajstić information content (AvgIpc) is 3.18. The Morgan fingerprint density at radius 1 is 1.27 bits per heavy atom. The number of halogens is 2. The molecule has 0 radical (unpaired) electrons. The number of likely N-dealkylation sites (tertiary alicyclic amines) is 1. The molecule has 3 heterocycles. The number of amides is 1. The normalized spacial score (nSPS) is 22.1. The summed E-state index contributed by atoms with van der Waals surface area (Å²) < 4.78 is 14.0. The van der Waals surface area contributed by atoms with Crippen LogP contribution in [0.15, 0.2) is 12.1 Å². The molecule has 0 saturated carbocycles. The number of aromatic nitrogens is 2. The highest BCUT2D eigenvalue weighted by Crippen LogP contribution is 2.31. The van der Waals surface area contributed by atoms with Crippen LogP contribution < -0.4 is 5.32 Å². The minimum absolute atomic E-state index is 0.0836. The van der Waals surface area contributed by atoms with Gasteiger partial charge in [0.2, 0.25) is 5.91 Å². The molecule has 2 unspecified atom stereocenters. The molecule has 1 aromatic carbocycles. The Labute approximate surface area is 183 Å². The van der Waals surface area contributed by atoms with E-state index in [-0.39, 0.29) is 17.3 Å². The quantitative estimate of drug-likeness (QED) is 0.760. The predicted octanol–water partition coefficient (Wildman–Crippen LogP) is 3.94. The van der Waals surface area contributed by atoms with Gasteiger partial charge in [0.05, 0.1) is 23.6 Å². The molecule has 30 heavy (non-hydrogen) atoms. The van der Waals surface area contributed by atoms with E-state index >= 15 is 0 Å². The number of fused-ring (bicyclic) bond motifs is 3. The summed E-state index contributed by atoms with van der Waals surface area (Å²) in [5, 5.41) is 3.53. The second kappa shape index (κ2) is 9.20. The number of nitrogens with one attached hydrogen (secondary N) is 2. The fourth-order valence-corrected chi connectivity index (χ4v) is 4.65. The molecule has 6 nitrogen and oxygen atoms in total. The van der Waals surface area contributed by atoms with E-state index in [4.69, 9.17) is 11.6 Å². The summed E-state index contributed by atoms with van der Waals surface area (Å²) in [7, 11) is 0. The van der Waals surface area contributed by atoms with E-state index in [9.17, 15) is 9.18 Å². The average molecular weight is 438 g/mol. The Kier molecular flexibility index (Phi) is 7.05. The number of piperazine rings is 1. The summed E-state index contributed by atoms with van der Waals surface area (Å²) >= 11 is 6.16. The van der Waals surface area contributed by atoms with Gasteiger partial charge in [-0.1, -0.05) is 25.4 Å². The lowest BCUT2D eigenvalue weighted by Gasteiger charge is -2.40. The monoisotopic (exact) mass is 437 g/mol. The first-order valence-electron chi connectivity index (χ1n) is 10.8. The number of carbonyl (C=O) groups excluding carboxylic acids is 1. The molecule has 2 aliphatic heterocycles. The Bertz CT molecular complexity index is 841. The molecule has 4 rings (SSSR count). The van der Waals surface area contributed by atoms with E-state index in [1.807, 2.05) is 34.6 Å². The van der Waals surface area contributed by atoms with Crippen molar-refractivity contribution in [1.82, 2.24) is 25.1 Å².